The zero-order chi connectivity index (χ0) is 21.5. The Labute approximate surface area is 174 Å². The third kappa shape index (κ3) is 5.95. The lowest BCUT2D eigenvalue weighted by Crippen LogP contribution is -2.52. The number of hydrogen-bond acceptors (Lipinski definition) is 6. The van der Waals surface area contributed by atoms with Crippen molar-refractivity contribution in [1.82, 2.24) is 15.8 Å². The number of fused-ring (bicyclic) bond motifs is 1. The van der Waals surface area contributed by atoms with Crippen LogP contribution in [0.2, 0.25) is 0 Å². The smallest absolute Gasteiger partial charge is 0.283 e. The average molecular weight is 412 g/mol. The number of amides is 3. The number of carbonyl (C=O) groups is 3. The number of para-hydroxylation sites is 2. The fraction of sp³-hybridized carbons (Fsp3) is 0.286. The average Bonchev–Trinajstić information content (AvgIpc) is 2.73. The SMILES string of the molecule is Cc1ccc(NC(=O)CN(C)CC(=O)NNC(=O)[C@H]2COc3ccccc3O2)cc1. The Hall–Kier alpha value is -3.59. The number of anilines is 1. The molecule has 3 N–H and O–H groups in total. The molecule has 9 nitrogen and oxygen atoms in total. The van der Waals surface area contributed by atoms with Crippen LogP contribution in [-0.4, -0.2) is 55.5 Å². The lowest BCUT2D eigenvalue weighted by Gasteiger charge is -2.25. The summed E-state index contributed by atoms with van der Waals surface area (Å²) >= 11 is 0. The molecule has 1 atom stereocenters. The predicted octanol–water partition coefficient (Wildman–Crippen LogP) is 0.853. The van der Waals surface area contributed by atoms with Gasteiger partial charge < -0.3 is 14.8 Å². The van der Waals surface area contributed by atoms with E-state index in [-0.39, 0.29) is 25.6 Å². The van der Waals surface area contributed by atoms with Crippen LogP contribution in [0.3, 0.4) is 0 Å². The predicted molar refractivity (Wildman–Crippen MR) is 110 cm³/mol. The van der Waals surface area contributed by atoms with Gasteiger partial charge in [0.2, 0.25) is 12.0 Å². The summed E-state index contributed by atoms with van der Waals surface area (Å²) < 4.78 is 11.0. The first-order chi connectivity index (χ1) is 14.4. The van der Waals surface area contributed by atoms with Gasteiger partial charge in [0.15, 0.2) is 11.5 Å². The highest BCUT2D eigenvalue weighted by Gasteiger charge is 2.27. The van der Waals surface area contributed by atoms with Crippen molar-refractivity contribution < 1.29 is 23.9 Å². The molecule has 1 aliphatic rings. The normalized spacial score (nSPS) is 14.7. The zero-order valence-corrected chi connectivity index (χ0v) is 16.8. The molecule has 158 valence electrons. The van der Waals surface area contributed by atoms with Gasteiger partial charge in [-0.1, -0.05) is 29.8 Å². The van der Waals surface area contributed by atoms with Crippen LogP contribution in [-0.2, 0) is 14.4 Å². The summed E-state index contributed by atoms with van der Waals surface area (Å²) in [5, 5.41) is 2.76. The summed E-state index contributed by atoms with van der Waals surface area (Å²) in [7, 11) is 1.63. The summed E-state index contributed by atoms with van der Waals surface area (Å²) in [6.07, 6.45) is -0.877. The molecular weight excluding hydrogens is 388 g/mol. The molecule has 0 aromatic heterocycles. The van der Waals surface area contributed by atoms with Crippen molar-refractivity contribution in [1.29, 1.82) is 0 Å². The molecule has 0 bridgehead atoms. The number of benzene rings is 2. The van der Waals surface area contributed by atoms with Crippen LogP contribution < -0.4 is 25.6 Å². The van der Waals surface area contributed by atoms with Crippen molar-refractivity contribution in [2.45, 2.75) is 13.0 Å². The Morgan fingerprint density at radius 2 is 1.63 bits per heavy atom. The zero-order valence-electron chi connectivity index (χ0n) is 16.8. The van der Waals surface area contributed by atoms with E-state index in [1.165, 1.54) is 4.90 Å². The maximum Gasteiger partial charge on any atom is 0.283 e. The summed E-state index contributed by atoms with van der Waals surface area (Å²) in [6, 6.07) is 14.4. The second-order valence-electron chi connectivity index (χ2n) is 6.99. The molecule has 1 heterocycles. The molecule has 0 radical (unpaired) electrons. The highest BCUT2D eigenvalue weighted by Crippen LogP contribution is 2.30. The van der Waals surface area contributed by atoms with E-state index in [0.717, 1.165) is 5.56 Å². The molecule has 2 aromatic rings. The number of hydrazine groups is 1. The van der Waals surface area contributed by atoms with E-state index in [4.69, 9.17) is 9.47 Å². The van der Waals surface area contributed by atoms with Crippen molar-refractivity contribution >= 4 is 23.4 Å². The lowest BCUT2D eigenvalue weighted by atomic mass is 10.2. The second kappa shape index (κ2) is 9.75. The topological polar surface area (TPSA) is 109 Å². The highest BCUT2D eigenvalue weighted by atomic mass is 16.6. The lowest BCUT2D eigenvalue weighted by molar-refractivity contribution is -0.135. The van der Waals surface area contributed by atoms with Crippen LogP contribution in [0.15, 0.2) is 48.5 Å². The molecule has 0 spiro atoms. The molecule has 9 heteroatoms. The Kier molecular flexibility index (Phi) is 6.87. The van der Waals surface area contributed by atoms with Gasteiger partial charge in [0.1, 0.15) is 6.61 Å². The van der Waals surface area contributed by atoms with Crippen LogP contribution in [0, 0.1) is 6.92 Å². The first-order valence-electron chi connectivity index (χ1n) is 9.43. The number of ether oxygens (including phenoxy) is 2. The summed E-state index contributed by atoms with van der Waals surface area (Å²) in [4.78, 5) is 37.8. The molecule has 0 fully saturated rings. The van der Waals surface area contributed by atoms with Gasteiger partial charge in [0, 0.05) is 5.69 Å². The summed E-state index contributed by atoms with van der Waals surface area (Å²) in [5.74, 6) is -0.209. The van der Waals surface area contributed by atoms with Gasteiger partial charge >= 0.3 is 0 Å². The van der Waals surface area contributed by atoms with E-state index < -0.39 is 17.9 Å². The standard InChI is InChI=1S/C21H24N4O5/c1-14-7-9-15(10-8-14)22-19(26)11-25(2)12-20(27)23-24-21(28)18-13-29-16-5-3-4-6-17(16)30-18/h3-10,18H,11-13H2,1-2H3,(H,22,26)(H,23,27)(H,24,28)/t18-/m1/s1. The van der Waals surface area contributed by atoms with Crippen LogP contribution in [0.5, 0.6) is 11.5 Å². The second-order valence-corrected chi connectivity index (χ2v) is 6.99. The fourth-order valence-electron chi connectivity index (χ4n) is 2.78. The Balaban J connectivity index is 1.38. The van der Waals surface area contributed by atoms with Crippen molar-refractivity contribution in [2.24, 2.45) is 0 Å². The van der Waals surface area contributed by atoms with Crippen molar-refractivity contribution in [3.8, 4) is 11.5 Å². The molecule has 0 saturated heterocycles. The van der Waals surface area contributed by atoms with E-state index in [1.54, 1.807) is 31.3 Å². The van der Waals surface area contributed by atoms with Crippen molar-refractivity contribution in [3.63, 3.8) is 0 Å². The van der Waals surface area contributed by atoms with Gasteiger partial charge in [-0.2, -0.15) is 0 Å². The number of likely N-dealkylation sites (N-methyl/N-ethyl adjacent to an activating group) is 1. The van der Waals surface area contributed by atoms with E-state index in [9.17, 15) is 14.4 Å². The number of hydrogen-bond donors (Lipinski definition) is 3. The van der Waals surface area contributed by atoms with Crippen LogP contribution in [0.1, 0.15) is 5.56 Å². The largest absolute Gasteiger partial charge is 0.485 e. The summed E-state index contributed by atoms with van der Waals surface area (Å²) in [6.45, 7) is 1.94. The maximum absolute atomic E-state index is 12.2. The van der Waals surface area contributed by atoms with Crippen LogP contribution in [0.4, 0.5) is 5.69 Å². The Morgan fingerprint density at radius 3 is 2.37 bits per heavy atom. The number of aryl methyl sites for hydroxylation is 1. The third-order valence-corrected chi connectivity index (χ3v) is 4.29. The summed E-state index contributed by atoms with van der Waals surface area (Å²) in [5.41, 5.74) is 6.42. The Morgan fingerprint density at radius 1 is 0.967 bits per heavy atom. The number of nitrogens with zero attached hydrogens (tertiary/aromatic N) is 1. The molecule has 30 heavy (non-hydrogen) atoms. The van der Waals surface area contributed by atoms with Gasteiger partial charge in [0.05, 0.1) is 13.1 Å². The minimum atomic E-state index is -0.877. The van der Waals surface area contributed by atoms with Crippen molar-refractivity contribution in [3.05, 3.63) is 54.1 Å². The maximum atomic E-state index is 12.2. The first-order valence-corrected chi connectivity index (χ1v) is 9.43. The molecule has 3 rings (SSSR count). The quantitative estimate of drug-likeness (QED) is 0.607. The van der Waals surface area contributed by atoms with E-state index in [1.807, 2.05) is 31.2 Å². The number of nitrogens with one attached hydrogen (secondary N) is 3. The van der Waals surface area contributed by atoms with Gasteiger partial charge in [0.25, 0.3) is 11.8 Å². The van der Waals surface area contributed by atoms with Crippen molar-refractivity contribution in [2.75, 3.05) is 32.1 Å². The van der Waals surface area contributed by atoms with E-state index in [0.29, 0.717) is 17.2 Å². The molecule has 0 unspecified atom stereocenters. The van der Waals surface area contributed by atoms with E-state index in [2.05, 4.69) is 16.2 Å². The molecule has 0 aliphatic carbocycles. The van der Waals surface area contributed by atoms with Gasteiger partial charge in [-0.25, -0.2) is 0 Å². The van der Waals surface area contributed by atoms with Gasteiger partial charge in [-0.3, -0.25) is 30.1 Å². The van der Waals surface area contributed by atoms with E-state index >= 15 is 0 Å². The Bertz CT molecular complexity index is 916. The minimum absolute atomic E-state index is 0.0194. The van der Waals surface area contributed by atoms with Crippen LogP contribution >= 0.6 is 0 Å². The van der Waals surface area contributed by atoms with Gasteiger partial charge in [-0.05, 0) is 38.2 Å². The molecule has 0 saturated carbocycles. The fourth-order valence-corrected chi connectivity index (χ4v) is 2.78. The van der Waals surface area contributed by atoms with Gasteiger partial charge in [-0.15, -0.1) is 0 Å². The molecule has 2 aromatic carbocycles. The monoisotopic (exact) mass is 412 g/mol. The molecule has 1 aliphatic heterocycles. The third-order valence-electron chi connectivity index (χ3n) is 4.29. The molecular formula is C21H24N4O5. The first kappa shape index (κ1) is 21.1. The number of carbonyl (C=O) groups excluding carboxylic acids is 3. The van der Waals surface area contributed by atoms with Crippen LogP contribution in [0.25, 0.3) is 0 Å². The number of rotatable bonds is 6. The minimum Gasteiger partial charge on any atom is -0.485 e. The molecule has 3 amide bonds. The highest BCUT2D eigenvalue weighted by molar-refractivity contribution is 5.92.